The zero-order valence-corrected chi connectivity index (χ0v) is 11.5. The van der Waals surface area contributed by atoms with Gasteiger partial charge in [0.25, 0.3) is 0 Å². The lowest BCUT2D eigenvalue weighted by atomic mass is 10.1. The molecule has 0 aliphatic carbocycles. The molecule has 2 nitrogen and oxygen atoms in total. The molecule has 0 fully saturated rings. The SMILES string of the molecule is CNCCc1ccc(COC(C)C(C)C)cc1. The Morgan fingerprint density at radius 3 is 2.18 bits per heavy atom. The average Bonchev–Trinajstić information content (AvgIpc) is 2.34. The molecule has 1 aromatic rings. The largest absolute Gasteiger partial charge is 0.374 e. The molecule has 1 rings (SSSR count). The van der Waals surface area contributed by atoms with Crippen LogP contribution in [0.25, 0.3) is 0 Å². The first-order chi connectivity index (χ1) is 8.13. The van der Waals surface area contributed by atoms with Crippen molar-refractivity contribution in [3.05, 3.63) is 35.4 Å². The van der Waals surface area contributed by atoms with Crippen LogP contribution in [0.1, 0.15) is 31.9 Å². The van der Waals surface area contributed by atoms with Gasteiger partial charge in [0.2, 0.25) is 0 Å². The fourth-order valence-electron chi connectivity index (χ4n) is 1.49. The molecule has 0 aromatic heterocycles. The number of ether oxygens (including phenoxy) is 1. The van der Waals surface area contributed by atoms with Crippen LogP contribution in [-0.4, -0.2) is 19.7 Å². The number of hydrogen-bond acceptors (Lipinski definition) is 2. The van der Waals surface area contributed by atoms with Crippen LogP contribution >= 0.6 is 0 Å². The predicted molar refractivity (Wildman–Crippen MR) is 73.2 cm³/mol. The normalized spacial score (nSPS) is 13.0. The van der Waals surface area contributed by atoms with E-state index in [4.69, 9.17) is 4.74 Å². The summed E-state index contributed by atoms with van der Waals surface area (Å²) in [7, 11) is 1.98. The second kappa shape index (κ2) is 7.46. The van der Waals surface area contributed by atoms with Gasteiger partial charge in [0, 0.05) is 0 Å². The van der Waals surface area contributed by atoms with E-state index in [1.165, 1.54) is 11.1 Å². The van der Waals surface area contributed by atoms with Crippen LogP contribution in [0, 0.1) is 5.92 Å². The average molecular weight is 235 g/mol. The zero-order valence-electron chi connectivity index (χ0n) is 11.5. The van der Waals surface area contributed by atoms with Crippen LogP contribution < -0.4 is 5.32 Å². The third kappa shape index (κ3) is 5.33. The van der Waals surface area contributed by atoms with Crippen LogP contribution in [0.4, 0.5) is 0 Å². The maximum atomic E-state index is 5.80. The highest BCUT2D eigenvalue weighted by molar-refractivity contribution is 5.22. The van der Waals surface area contributed by atoms with Gasteiger partial charge in [0.1, 0.15) is 0 Å². The molecule has 1 N–H and O–H groups in total. The Kier molecular flexibility index (Phi) is 6.23. The van der Waals surface area contributed by atoms with Gasteiger partial charge >= 0.3 is 0 Å². The minimum atomic E-state index is 0.318. The Labute approximate surface area is 105 Å². The molecule has 0 amide bonds. The zero-order chi connectivity index (χ0) is 12.7. The summed E-state index contributed by atoms with van der Waals surface area (Å²) in [5.74, 6) is 0.574. The third-order valence-corrected chi connectivity index (χ3v) is 3.14. The van der Waals surface area contributed by atoms with Crippen molar-refractivity contribution in [2.45, 2.75) is 39.9 Å². The van der Waals surface area contributed by atoms with Crippen molar-refractivity contribution < 1.29 is 4.74 Å². The molecule has 2 heteroatoms. The summed E-state index contributed by atoms with van der Waals surface area (Å²) in [5, 5.41) is 3.16. The summed E-state index contributed by atoms with van der Waals surface area (Å²) >= 11 is 0. The lowest BCUT2D eigenvalue weighted by Crippen LogP contribution is -2.15. The van der Waals surface area contributed by atoms with Gasteiger partial charge in [-0.1, -0.05) is 38.1 Å². The summed E-state index contributed by atoms with van der Waals surface area (Å²) in [6, 6.07) is 8.71. The lowest BCUT2D eigenvalue weighted by Gasteiger charge is -2.16. The Balaban J connectivity index is 2.40. The molecule has 0 radical (unpaired) electrons. The van der Waals surface area contributed by atoms with Gasteiger partial charge in [0.15, 0.2) is 0 Å². The van der Waals surface area contributed by atoms with Crippen molar-refractivity contribution in [2.24, 2.45) is 5.92 Å². The molecular formula is C15H25NO. The second-order valence-electron chi connectivity index (χ2n) is 4.93. The van der Waals surface area contributed by atoms with Crippen LogP contribution in [-0.2, 0) is 17.8 Å². The molecule has 0 spiro atoms. The first kappa shape index (κ1) is 14.2. The van der Waals surface area contributed by atoms with Gasteiger partial charge < -0.3 is 10.1 Å². The number of rotatable bonds is 7. The highest BCUT2D eigenvalue weighted by atomic mass is 16.5. The van der Waals surface area contributed by atoms with E-state index in [1.807, 2.05) is 7.05 Å². The minimum absolute atomic E-state index is 0.318. The Morgan fingerprint density at radius 2 is 1.65 bits per heavy atom. The van der Waals surface area contributed by atoms with Crippen molar-refractivity contribution in [3.63, 3.8) is 0 Å². The predicted octanol–water partition coefficient (Wildman–Crippen LogP) is 3.01. The van der Waals surface area contributed by atoms with Gasteiger partial charge in [0.05, 0.1) is 12.7 Å². The molecule has 1 aromatic carbocycles. The number of hydrogen-bond donors (Lipinski definition) is 1. The Morgan fingerprint density at radius 1 is 1.06 bits per heavy atom. The fraction of sp³-hybridized carbons (Fsp3) is 0.600. The summed E-state index contributed by atoms with van der Waals surface area (Å²) in [6.07, 6.45) is 1.40. The highest BCUT2D eigenvalue weighted by Gasteiger charge is 2.06. The molecule has 17 heavy (non-hydrogen) atoms. The first-order valence-electron chi connectivity index (χ1n) is 6.47. The molecule has 96 valence electrons. The van der Waals surface area contributed by atoms with E-state index >= 15 is 0 Å². The lowest BCUT2D eigenvalue weighted by molar-refractivity contribution is 0.0235. The van der Waals surface area contributed by atoms with E-state index in [9.17, 15) is 0 Å². The fourth-order valence-corrected chi connectivity index (χ4v) is 1.49. The minimum Gasteiger partial charge on any atom is -0.374 e. The van der Waals surface area contributed by atoms with Gasteiger partial charge in [-0.15, -0.1) is 0 Å². The molecule has 1 atom stereocenters. The van der Waals surface area contributed by atoms with Crippen LogP contribution in [0.2, 0.25) is 0 Å². The topological polar surface area (TPSA) is 21.3 Å². The summed E-state index contributed by atoms with van der Waals surface area (Å²) < 4.78 is 5.80. The molecule has 1 unspecified atom stereocenters. The van der Waals surface area contributed by atoms with Crippen LogP contribution in [0.3, 0.4) is 0 Å². The first-order valence-corrected chi connectivity index (χ1v) is 6.47. The third-order valence-electron chi connectivity index (χ3n) is 3.14. The molecule has 0 aliphatic rings. The van der Waals surface area contributed by atoms with E-state index in [-0.39, 0.29) is 0 Å². The van der Waals surface area contributed by atoms with Crippen molar-refractivity contribution in [2.75, 3.05) is 13.6 Å². The second-order valence-corrected chi connectivity index (χ2v) is 4.93. The van der Waals surface area contributed by atoms with E-state index < -0.39 is 0 Å². The summed E-state index contributed by atoms with van der Waals surface area (Å²) in [4.78, 5) is 0. The maximum Gasteiger partial charge on any atom is 0.0720 e. The smallest absolute Gasteiger partial charge is 0.0720 e. The van der Waals surface area contributed by atoms with Crippen LogP contribution in [0.5, 0.6) is 0 Å². The molecule has 0 bridgehead atoms. The highest BCUT2D eigenvalue weighted by Crippen LogP contribution is 2.11. The van der Waals surface area contributed by atoms with E-state index in [0.717, 1.165) is 13.0 Å². The van der Waals surface area contributed by atoms with Gasteiger partial charge in [-0.3, -0.25) is 0 Å². The maximum absolute atomic E-state index is 5.80. The number of likely N-dealkylation sites (N-methyl/N-ethyl adjacent to an activating group) is 1. The molecule has 0 saturated carbocycles. The van der Waals surface area contributed by atoms with Gasteiger partial charge in [-0.25, -0.2) is 0 Å². The van der Waals surface area contributed by atoms with E-state index in [0.29, 0.717) is 18.6 Å². The Bertz CT molecular complexity index is 305. The van der Waals surface area contributed by atoms with Crippen molar-refractivity contribution in [3.8, 4) is 0 Å². The molecule has 0 saturated heterocycles. The monoisotopic (exact) mass is 235 g/mol. The van der Waals surface area contributed by atoms with Gasteiger partial charge in [-0.05, 0) is 44.0 Å². The Hall–Kier alpha value is -0.860. The summed E-state index contributed by atoms with van der Waals surface area (Å²) in [6.45, 7) is 8.24. The molecular weight excluding hydrogens is 210 g/mol. The van der Waals surface area contributed by atoms with Crippen LogP contribution in [0.15, 0.2) is 24.3 Å². The van der Waals surface area contributed by atoms with E-state index in [2.05, 4.69) is 50.4 Å². The summed E-state index contributed by atoms with van der Waals surface area (Å²) in [5.41, 5.74) is 2.63. The standard InChI is InChI=1S/C15H25NO/c1-12(2)13(3)17-11-15-7-5-14(6-8-15)9-10-16-4/h5-8,12-13,16H,9-11H2,1-4H3. The molecule has 0 aliphatic heterocycles. The number of nitrogens with one attached hydrogen (secondary N) is 1. The number of benzene rings is 1. The van der Waals surface area contributed by atoms with Crippen molar-refractivity contribution >= 4 is 0 Å². The van der Waals surface area contributed by atoms with E-state index in [1.54, 1.807) is 0 Å². The molecule has 0 heterocycles. The van der Waals surface area contributed by atoms with Gasteiger partial charge in [-0.2, -0.15) is 0 Å². The van der Waals surface area contributed by atoms with Crippen molar-refractivity contribution in [1.82, 2.24) is 5.32 Å². The quantitative estimate of drug-likeness (QED) is 0.784. The van der Waals surface area contributed by atoms with Crippen molar-refractivity contribution in [1.29, 1.82) is 0 Å².